The van der Waals surface area contributed by atoms with E-state index in [1.165, 1.54) is 6.42 Å². The number of hydrogen-bond acceptors (Lipinski definition) is 3. The van der Waals surface area contributed by atoms with E-state index in [0.717, 1.165) is 31.2 Å². The van der Waals surface area contributed by atoms with Gasteiger partial charge in [-0.15, -0.1) is 0 Å². The number of hydrogen-bond donors (Lipinski definition) is 0. The van der Waals surface area contributed by atoms with Crippen LogP contribution in [0.1, 0.15) is 43.2 Å². The second-order valence-electron chi connectivity index (χ2n) is 8.65. The van der Waals surface area contributed by atoms with Crippen molar-refractivity contribution in [2.45, 2.75) is 56.6 Å². The SMILES string of the molecule is Cc1cccc(C2(OCC(F)(F)F)OOC23C2CC4CC(C2)CC3C4)c1. The molecular formula is C20H23F3O3. The van der Waals surface area contributed by atoms with E-state index in [1.807, 2.05) is 25.1 Å². The van der Waals surface area contributed by atoms with E-state index in [-0.39, 0.29) is 11.8 Å². The Hall–Kier alpha value is -1.11. The molecule has 142 valence electrons. The number of benzene rings is 1. The van der Waals surface area contributed by atoms with E-state index in [0.29, 0.717) is 17.4 Å². The lowest BCUT2D eigenvalue weighted by Gasteiger charge is -2.68. The molecule has 6 heteroatoms. The lowest BCUT2D eigenvalue weighted by atomic mass is 9.47. The Labute approximate surface area is 150 Å². The van der Waals surface area contributed by atoms with Gasteiger partial charge in [0.25, 0.3) is 5.79 Å². The third kappa shape index (κ3) is 2.25. The average molecular weight is 368 g/mol. The van der Waals surface area contributed by atoms with E-state index in [9.17, 15) is 13.2 Å². The summed E-state index contributed by atoms with van der Waals surface area (Å²) < 4.78 is 44.7. The third-order valence-electron chi connectivity index (χ3n) is 7.00. The highest BCUT2D eigenvalue weighted by Gasteiger charge is 2.77. The smallest absolute Gasteiger partial charge is 0.332 e. The molecule has 1 aliphatic heterocycles. The van der Waals surface area contributed by atoms with Crippen LogP contribution in [0, 0.1) is 30.6 Å². The van der Waals surface area contributed by atoms with Gasteiger partial charge in [0.2, 0.25) is 0 Å². The maximum absolute atomic E-state index is 13.0. The first-order valence-electron chi connectivity index (χ1n) is 9.47. The normalized spacial score (nSPS) is 43.7. The molecule has 0 radical (unpaired) electrons. The molecule has 1 heterocycles. The molecule has 4 saturated carbocycles. The van der Waals surface area contributed by atoms with Gasteiger partial charge in [0.15, 0.2) is 5.60 Å². The zero-order chi connectivity index (χ0) is 18.2. The molecule has 0 N–H and O–H groups in total. The number of aryl methyl sites for hydroxylation is 1. The minimum Gasteiger partial charge on any atom is -0.332 e. The molecule has 1 aromatic rings. The van der Waals surface area contributed by atoms with Gasteiger partial charge in [-0.05, 0) is 62.7 Å². The van der Waals surface area contributed by atoms with Crippen LogP contribution in [0.5, 0.6) is 0 Å². The van der Waals surface area contributed by atoms with Gasteiger partial charge < -0.3 is 4.74 Å². The van der Waals surface area contributed by atoms with Crippen molar-refractivity contribution in [2.24, 2.45) is 23.7 Å². The number of halogens is 3. The minimum atomic E-state index is -4.41. The molecule has 5 aliphatic rings. The molecule has 4 aliphatic carbocycles. The Morgan fingerprint density at radius 3 is 2.19 bits per heavy atom. The molecule has 1 saturated heterocycles. The highest BCUT2D eigenvalue weighted by molar-refractivity contribution is 5.33. The first-order chi connectivity index (χ1) is 12.3. The molecule has 5 fully saturated rings. The first-order valence-corrected chi connectivity index (χ1v) is 9.47. The fourth-order valence-electron chi connectivity index (χ4n) is 6.30. The highest BCUT2D eigenvalue weighted by Crippen LogP contribution is 2.69. The highest BCUT2D eigenvalue weighted by atomic mass is 19.4. The summed E-state index contributed by atoms with van der Waals surface area (Å²) in [4.78, 5) is 11.3. The van der Waals surface area contributed by atoms with Crippen molar-refractivity contribution in [3.63, 3.8) is 0 Å². The van der Waals surface area contributed by atoms with E-state index in [4.69, 9.17) is 14.5 Å². The van der Waals surface area contributed by atoms with E-state index in [1.54, 1.807) is 6.07 Å². The monoisotopic (exact) mass is 368 g/mol. The van der Waals surface area contributed by atoms with Gasteiger partial charge in [0.1, 0.15) is 6.61 Å². The molecule has 1 spiro atoms. The lowest BCUT2D eigenvalue weighted by molar-refractivity contribution is -0.650. The summed E-state index contributed by atoms with van der Waals surface area (Å²) in [6.07, 6.45) is 0.838. The van der Waals surface area contributed by atoms with Crippen molar-refractivity contribution < 1.29 is 27.7 Å². The minimum absolute atomic E-state index is 0.196. The summed E-state index contributed by atoms with van der Waals surface area (Å²) in [5.41, 5.74) is 0.812. The van der Waals surface area contributed by atoms with Crippen molar-refractivity contribution >= 4 is 0 Å². The van der Waals surface area contributed by atoms with Gasteiger partial charge >= 0.3 is 6.18 Å². The van der Waals surface area contributed by atoms with Crippen molar-refractivity contribution in [3.05, 3.63) is 35.4 Å². The number of rotatable bonds is 3. The third-order valence-corrected chi connectivity index (χ3v) is 7.00. The maximum Gasteiger partial charge on any atom is 0.411 e. The Balaban J connectivity index is 1.58. The van der Waals surface area contributed by atoms with Gasteiger partial charge in [-0.25, -0.2) is 4.89 Å². The van der Waals surface area contributed by atoms with Crippen molar-refractivity contribution in [2.75, 3.05) is 6.61 Å². The fraction of sp³-hybridized carbons (Fsp3) is 0.700. The van der Waals surface area contributed by atoms with Crippen LogP contribution in [0.2, 0.25) is 0 Å². The Kier molecular flexibility index (Phi) is 3.57. The largest absolute Gasteiger partial charge is 0.411 e. The zero-order valence-electron chi connectivity index (χ0n) is 14.7. The molecule has 0 aromatic heterocycles. The Morgan fingerprint density at radius 2 is 1.69 bits per heavy atom. The first kappa shape index (κ1) is 17.0. The molecule has 1 unspecified atom stereocenters. The van der Waals surface area contributed by atoms with E-state index >= 15 is 0 Å². The van der Waals surface area contributed by atoms with Crippen LogP contribution in [0.3, 0.4) is 0 Å². The van der Waals surface area contributed by atoms with Gasteiger partial charge in [0, 0.05) is 5.56 Å². The standard InChI is InChI=1S/C20H23F3O3/c1-12-3-2-4-15(5-12)20(24-11-18(21,22)23)19(25-26-20)16-7-13-6-14(9-16)10-17(19)8-13/h2-5,13-14,16-17H,6-11H2,1H3. The second kappa shape index (κ2) is 5.46. The van der Waals surface area contributed by atoms with E-state index < -0.39 is 24.2 Å². The predicted molar refractivity (Wildman–Crippen MR) is 86.8 cm³/mol. The maximum atomic E-state index is 13.0. The van der Waals surface area contributed by atoms with Crippen LogP contribution >= 0.6 is 0 Å². The predicted octanol–water partition coefficient (Wildman–Crippen LogP) is 4.88. The zero-order valence-corrected chi connectivity index (χ0v) is 14.7. The molecule has 3 nitrogen and oxygen atoms in total. The Bertz CT molecular complexity index is 688. The van der Waals surface area contributed by atoms with Gasteiger partial charge in [-0.1, -0.05) is 29.8 Å². The molecule has 1 atom stereocenters. The molecule has 4 bridgehead atoms. The summed E-state index contributed by atoms with van der Waals surface area (Å²) in [7, 11) is 0. The van der Waals surface area contributed by atoms with Crippen molar-refractivity contribution in [1.29, 1.82) is 0 Å². The van der Waals surface area contributed by atoms with Crippen LogP contribution < -0.4 is 0 Å². The van der Waals surface area contributed by atoms with Crippen LogP contribution in [-0.2, 0) is 20.3 Å². The van der Waals surface area contributed by atoms with Crippen LogP contribution in [0.15, 0.2) is 24.3 Å². The fourth-order valence-corrected chi connectivity index (χ4v) is 6.30. The van der Waals surface area contributed by atoms with Crippen molar-refractivity contribution in [3.8, 4) is 0 Å². The quantitative estimate of drug-likeness (QED) is 0.712. The molecule has 1 aromatic carbocycles. The molecular weight excluding hydrogens is 345 g/mol. The van der Waals surface area contributed by atoms with Gasteiger partial charge in [-0.2, -0.15) is 18.1 Å². The summed E-state index contributed by atoms with van der Waals surface area (Å²) in [6, 6.07) is 7.43. The molecule has 6 rings (SSSR count). The van der Waals surface area contributed by atoms with Gasteiger partial charge in [0.05, 0.1) is 0 Å². The molecule has 0 amide bonds. The summed E-state index contributed by atoms with van der Waals surface area (Å²) >= 11 is 0. The topological polar surface area (TPSA) is 27.7 Å². The Morgan fingerprint density at radius 1 is 1.04 bits per heavy atom. The average Bonchev–Trinajstić information content (AvgIpc) is 2.52. The lowest BCUT2D eigenvalue weighted by Crippen LogP contribution is -2.77. The summed E-state index contributed by atoms with van der Waals surface area (Å²) in [6.45, 7) is 0.586. The van der Waals surface area contributed by atoms with Crippen LogP contribution in [0.4, 0.5) is 13.2 Å². The van der Waals surface area contributed by atoms with Crippen molar-refractivity contribution in [1.82, 2.24) is 0 Å². The summed E-state index contributed by atoms with van der Waals surface area (Å²) in [5, 5.41) is 0. The number of ether oxygens (including phenoxy) is 1. The second-order valence-corrected chi connectivity index (χ2v) is 8.65. The van der Waals surface area contributed by atoms with E-state index in [2.05, 4.69) is 0 Å². The summed E-state index contributed by atoms with van der Waals surface area (Å²) in [5.74, 6) is 0.273. The number of alkyl halides is 3. The van der Waals surface area contributed by atoms with Crippen LogP contribution in [-0.4, -0.2) is 18.4 Å². The molecule has 26 heavy (non-hydrogen) atoms. The van der Waals surface area contributed by atoms with Crippen LogP contribution in [0.25, 0.3) is 0 Å². The van der Waals surface area contributed by atoms with Gasteiger partial charge in [-0.3, -0.25) is 0 Å².